The van der Waals surface area contributed by atoms with Crippen LogP contribution in [0.1, 0.15) is 47.4 Å². The molecule has 3 aliphatic rings. The Kier molecular flexibility index (Phi) is 5.08. The third-order valence-corrected chi connectivity index (χ3v) is 6.06. The molecule has 2 amide bonds. The Labute approximate surface area is 169 Å². The zero-order valence-electron chi connectivity index (χ0n) is 16.5. The molecular weight excluding hydrogens is 372 g/mol. The second-order valence-corrected chi connectivity index (χ2v) is 8.26. The topological polar surface area (TPSA) is 101 Å². The minimum atomic E-state index is -0.414. The standard InChI is InChI=1S/C22H26N2O5/c1-15-4-5-18(25)17(11-15)20(27)23-13-22-8-6-21(7-9-22,14-29-22)24-19(26)12-16-3-2-10-28-16/h2-5,10-11,25H,6-9,12-14H2,1H3,(H,23,27)(H,24,26). The van der Waals surface area contributed by atoms with Crippen molar-refractivity contribution < 1.29 is 23.8 Å². The predicted octanol–water partition coefficient (Wildman–Crippen LogP) is 2.46. The van der Waals surface area contributed by atoms with Crippen molar-refractivity contribution in [1.82, 2.24) is 10.6 Å². The van der Waals surface area contributed by atoms with Crippen LogP contribution in [0.15, 0.2) is 41.0 Å². The van der Waals surface area contributed by atoms with Gasteiger partial charge in [0.15, 0.2) is 0 Å². The van der Waals surface area contributed by atoms with E-state index in [9.17, 15) is 14.7 Å². The van der Waals surface area contributed by atoms with Crippen LogP contribution in [-0.4, -0.2) is 41.2 Å². The van der Waals surface area contributed by atoms with E-state index in [4.69, 9.17) is 9.15 Å². The summed E-state index contributed by atoms with van der Waals surface area (Å²) in [5.41, 5.74) is 0.424. The number of rotatable bonds is 6. The maximum Gasteiger partial charge on any atom is 0.255 e. The molecule has 1 aliphatic carbocycles. The molecule has 0 radical (unpaired) electrons. The Morgan fingerprint density at radius 1 is 1.17 bits per heavy atom. The maximum absolute atomic E-state index is 12.5. The highest BCUT2D eigenvalue weighted by molar-refractivity contribution is 5.97. The minimum Gasteiger partial charge on any atom is -0.507 e. The number of phenolic OH excluding ortho intramolecular Hbond substituents is 1. The monoisotopic (exact) mass is 398 g/mol. The molecule has 0 atom stereocenters. The van der Waals surface area contributed by atoms with Crippen LogP contribution in [0.25, 0.3) is 0 Å². The Morgan fingerprint density at radius 3 is 2.62 bits per heavy atom. The number of fused-ring (bicyclic) bond motifs is 3. The number of aryl methyl sites for hydroxylation is 1. The number of nitrogens with one attached hydrogen (secondary N) is 2. The number of carbonyl (C=O) groups is 2. The number of ether oxygens (including phenoxy) is 1. The van der Waals surface area contributed by atoms with Crippen LogP contribution in [-0.2, 0) is 16.0 Å². The maximum atomic E-state index is 12.5. The number of amides is 2. The number of phenols is 1. The Hall–Kier alpha value is -2.80. The molecule has 2 aliphatic heterocycles. The highest BCUT2D eigenvalue weighted by Crippen LogP contribution is 2.43. The summed E-state index contributed by atoms with van der Waals surface area (Å²) in [5, 5.41) is 16.0. The summed E-state index contributed by atoms with van der Waals surface area (Å²) in [6.45, 7) is 2.69. The van der Waals surface area contributed by atoms with Crippen molar-refractivity contribution in [3.63, 3.8) is 0 Å². The predicted molar refractivity (Wildman–Crippen MR) is 106 cm³/mol. The normalized spacial score (nSPS) is 25.6. The van der Waals surface area contributed by atoms with Crippen molar-refractivity contribution >= 4 is 11.8 Å². The average Bonchev–Trinajstić information content (AvgIpc) is 3.22. The van der Waals surface area contributed by atoms with Gasteiger partial charge >= 0.3 is 0 Å². The number of furan rings is 1. The van der Waals surface area contributed by atoms with Crippen molar-refractivity contribution in [2.24, 2.45) is 0 Å². The number of carbonyl (C=O) groups excluding carboxylic acids is 2. The lowest BCUT2D eigenvalue weighted by molar-refractivity contribution is -0.163. The molecule has 3 N–H and O–H groups in total. The molecule has 1 aromatic carbocycles. The summed E-state index contributed by atoms with van der Waals surface area (Å²) in [6, 6.07) is 8.51. The van der Waals surface area contributed by atoms with Crippen molar-refractivity contribution in [1.29, 1.82) is 0 Å². The summed E-state index contributed by atoms with van der Waals surface area (Å²) in [5.74, 6) is 0.236. The lowest BCUT2D eigenvalue weighted by Gasteiger charge is -2.53. The molecule has 0 spiro atoms. The number of aromatic hydroxyl groups is 1. The second-order valence-electron chi connectivity index (χ2n) is 8.26. The van der Waals surface area contributed by atoms with E-state index in [-0.39, 0.29) is 35.1 Å². The van der Waals surface area contributed by atoms with Crippen molar-refractivity contribution in [3.8, 4) is 5.75 Å². The van der Waals surface area contributed by atoms with E-state index in [1.807, 2.05) is 6.92 Å². The Morgan fingerprint density at radius 2 is 1.97 bits per heavy atom. The van der Waals surface area contributed by atoms with E-state index < -0.39 is 5.60 Å². The van der Waals surface area contributed by atoms with E-state index in [2.05, 4.69) is 10.6 Å². The minimum absolute atomic E-state index is 0.0305. The SMILES string of the molecule is Cc1ccc(O)c(C(=O)NCC23CCC(NC(=O)Cc4ccco4)(CC2)CO3)c1. The summed E-state index contributed by atoms with van der Waals surface area (Å²) in [7, 11) is 0. The Balaban J connectivity index is 1.32. The summed E-state index contributed by atoms with van der Waals surface area (Å²) in [4.78, 5) is 24.9. The molecule has 3 fully saturated rings. The molecule has 7 heteroatoms. The molecule has 3 heterocycles. The fourth-order valence-electron chi connectivity index (χ4n) is 4.23. The molecule has 2 aromatic rings. The molecule has 7 nitrogen and oxygen atoms in total. The van der Waals surface area contributed by atoms with Crippen LogP contribution < -0.4 is 10.6 Å². The highest BCUT2D eigenvalue weighted by atomic mass is 16.5. The van der Waals surface area contributed by atoms with Gasteiger partial charge in [-0.05, 0) is 56.9 Å². The van der Waals surface area contributed by atoms with Crippen LogP contribution in [0.2, 0.25) is 0 Å². The van der Waals surface area contributed by atoms with Gasteiger partial charge in [-0.1, -0.05) is 11.6 Å². The average molecular weight is 398 g/mol. The summed E-state index contributed by atoms with van der Waals surface area (Å²) >= 11 is 0. The smallest absolute Gasteiger partial charge is 0.255 e. The van der Waals surface area contributed by atoms with Crippen molar-refractivity contribution in [3.05, 3.63) is 53.5 Å². The Bertz CT molecular complexity index is 881. The van der Waals surface area contributed by atoms with E-state index in [1.54, 1.807) is 30.5 Å². The fraction of sp³-hybridized carbons (Fsp3) is 0.455. The van der Waals surface area contributed by atoms with Gasteiger partial charge in [0.1, 0.15) is 11.5 Å². The van der Waals surface area contributed by atoms with Gasteiger partial charge in [-0.15, -0.1) is 0 Å². The van der Waals surface area contributed by atoms with Crippen LogP contribution in [0.3, 0.4) is 0 Å². The first kappa shape index (κ1) is 19.5. The lowest BCUT2D eigenvalue weighted by Crippen LogP contribution is -2.65. The number of hydrogen-bond donors (Lipinski definition) is 3. The third kappa shape index (κ3) is 4.15. The van der Waals surface area contributed by atoms with Gasteiger partial charge in [0, 0.05) is 6.54 Å². The molecule has 1 aromatic heterocycles. The zero-order valence-corrected chi connectivity index (χ0v) is 16.5. The van der Waals surface area contributed by atoms with Gasteiger partial charge < -0.3 is 24.9 Å². The van der Waals surface area contributed by atoms with Crippen LogP contribution in [0.4, 0.5) is 0 Å². The molecule has 1 saturated carbocycles. The molecule has 0 unspecified atom stereocenters. The van der Waals surface area contributed by atoms with Crippen molar-refractivity contribution in [2.45, 2.75) is 50.2 Å². The van der Waals surface area contributed by atoms with Gasteiger partial charge in [0.25, 0.3) is 5.91 Å². The van der Waals surface area contributed by atoms with Crippen LogP contribution in [0.5, 0.6) is 5.75 Å². The molecule has 154 valence electrons. The third-order valence-electron chi connectivity index (χ3n) is 6.06. The summed E-state index contributed by atoms with van der Waals surface area (Å²) < 4.78 is 11.4. The van der Waals surface area contributed by atoms with Crippen LogP contribution >= 0.6 is 0 Å². The molecule has 29 heavy (non-hydrogen) atoms. The summed E-state index contributed by atoms with van der Waals surface area (Å²) in [6.07, 6.45) is 4.91. The second kappa shape index (κ2) is 7.55. The van der Waals surface area contributed by atoms with Gasteiger partial charge in [0.2, 0.25) is 5.91 Å². The first-order valence-corrected chi connectivity index (χ1v) is 9.94. The van der Waals surface area contributed by atoms with Gasteiger partial charge in [0.05, 0.1) is 36.0 Å². The zero-order chi connectivity index (χ0) is 20.5. The van der Waals surface area contributed by atoms with Crippen molar-refractivity contribution in [2.75, 3.05) is 13.2 Å². The first-order valence-electron chi connectivity index (χ1n) is 9.94. The quantitative estimate of drug-likeness (QED) is 0.694. The van der Waals surface area contributed by atoms with E-state index >= 15 is 0 Å². The largest absolute Gasteiger partial charge is 0.507 e. The molecule has 2 saturated heterocycles. The first-order chi connectivity index (χ1) is 13.9. The van der Waals surface area contributed by atoms with E-state index in [0.717, 1.165) is 31.2 Å². The van der Waals surface area contributed by atoms with Gasteiger partial charge in [-0.25, -0.2) is 0 Å². The van der Waals surface area contributed by atoms with Gasteiger partial charge in [-0.2, -0.15) is 0 Å². The van der Waals surface area contributed by atoms with Gasteiger partial charge in [-0.3, -0.25) is 9.59 Å². The van der Waals surface area contributed by atoms with E-state index in [0.29, 0.717) is 18.9 Å². The number of benzene rings is 1. The molecule has 5 rings (SSSR count). The van der Waals surface area contributed by atoms with E-state index in [1.165, 1.54) is 6.07 Å². The van der Waals surface area contributed by atoms with Crippen LogP contribution in [0, 0.1) is 6.92 Å². The lowest BCUT2D eigenvalue weighted by atomic mass is 9.71. The molecular formula is C22H26N2O5. The number of hydrogen-bond acceptors (Lipinski definition) is 5. The highest BCUT2D eigenvalue weighted by Gasteiger charge is 2.50. The molecule has 2 bridgehead atoms. The fourth-order valence-corrected chi connectivity index (χ4v) is 4.23.